The molecule has 2 aromatic carbocycles. The summed E-state index contributed by atoms with van der Waals surface area (Å²) in [4.78, 5) is 35.2. The highest BCUT2D eigenvalue weighted by molar-refractivity contribution is 6.35. The summed E-state index contributed by atoms with van der Waals surface area (Å²) in [6, 6.07) is 7.48. The number of hydrogen-bond acceptors (Lipinski definition) is 4. The van der Waals surface area contributed by atoms with Crippen LogP contribution in [0.2, 0.25) is 5.02 Å². The first kappa shape index (κ1) is 22.5. The lowest BCUT2D eigenvalue weighted by atomic mass is 9.95. The van der Waals surface area contributed by atoms with E-state index in [4.69, 9.17) is 22.4 Å². The number of benzene rings is 2. The van der Waals surface area contributed by atoms with Gasteiger partial charge < -0.3 is 16.2 Å². The van der Waals surface area contributed by atoms with E-state index in [1.807, 2.05) is 6.92 Å². The lowest BCUT2D eigenvalue weighted by Crippen LogP contribution is -2.34. The lowest BCUT2D eigenvalue weighted by Gasteiger charge is -2.23. The van der Waals surface area contributed by atoms with E-state index >= 15 is 4.39 Å². The molecule has 6 nitrogen and oxygen atoms in total. The molecule has 0 aliphatic heterocycles. The van der Waals surface area contributed by atoms with E-state index in [-0.39, 0.29) is 39.7 Å². The van der Waals surface area contributed by atoms with Gasteiger partial charge in [0.25, 0.3) is 0 Å². The summed E-state index contributed by atoms with van der Waals surface area (Å²) in [5, 5.41) is 12.2. The lowest BCUT2D eigenvalue weighted by molar-refractivity contribution is -0.118. The van der Waals surface area contributed by atoms with E-state index in [0.717, 1.165) is 0 Å². The zero-order chi connectivity index (χ0) is 21.7. The molecule has 0 saturated heterocycles. The summed E-state index contributed by atoms with van der Waals surface area (Å²) in [6.07, 6.45) is 0.573. The Labute approximate surface area is 172 Å². The molecule has 0 unspecified atom stereocenters. The van der Waals surface area contributed by atoms with Crippen LogP contribution in [0.15, 0.2) is 36.4 Å². The fraction of sp³-hybridized carbons (Fsp3) is 0.286. The molecule has 0 saturated carbocycles. The molecule has 29 heavy (non-hydrogen) atoms. The Balaban J connectivity index is 2.44. The van der Waals surface area contributed by atoms with Gasteiger partial charge in [0.1, 0.15) is 5.82 Å². The van der Waals surface area contributed by atoms with Gasteiger partial charge in [-0.3, -0.25) is 9.59 Å². The zero-order valence-corrected chi connectivity index (χ0v) is 16.8. The number of carboxylic acid groups (broad SMARTS) is 1. The van der Waals surface area contributed by atoms with Crippen LogP contribution in [0.3, 0.4) is 0 Å². The van der Waals surface area contributed by atoms with Crippen LogP contribution in [0.4, 0.5) is 4.39 Å². The highest BCUT2D eigenvalue weighted by atomic mass is 35.5. The molecular weight excluding hydrogens is 399 g/mol. The molecular formula is C21H22ClFN2O4. The Hall–Kier alpha value is -2.77. The molecule has 0 aliphatic carbocycles. The van der Waals surface area contributed by atoms with Crippen molar-refractivity contribution in [1.29, 1.82) is 0 Å². The Morgan fingerprint density at radius 2 is 1.86 bits per heavy atom. The summed E-state index contributed by atoms with van der Waals surface area (Å²) < 4.78 is 15.3. The second kappa shape index (κ2) is 9.62. The average molecular weight is 421 g/mol. The summed E-state index contributed by atoms with van der Waals surface area (Å²) >= 11 is 6.11. The van der Waals surface area contributed by atoms with Crippen molar-refractivity contribution in [1.82, 2.24) is 5.32 Å². The number of nitrogens with two attached hydrogens (primary N) is 1. The minimum atomic E-state index is -1.20. The molecule has 8 heteroatoms. The number of hydrogen-bond donors (Lipinski definition) is 3. The molecule has 2 atom stereocenters. The number of primary amides is 1. The second-order valence-corrected chi connectivity index (χ2v) is 7.15. The number of amides is 1. The third-order valence-electron chi connectivity index (χ3n) is 4.50. The van der Waals surface area contributed by atoms with E-state index in [0.29, 0.717) is 6.42 Å². The van der Waals surface area contributed by atoms with Crippen LogP contribution in [0.25, 0.3) is 0 Å². The number of halogens is 2. The van der Waals surface area contributed by atoms with E-state index in [1.54, 1.807) is 6.92 Å². The molecule has 154 valence electrons. The highest BCUT2D eigenvalue weighted by Gasteiger charge is 2.25. The van der Waals surface area contributed by atoms with Crippen molar-refractivity contribution in [3.63, 3.8) is 0 Å². The van der Waals surface area contributed by atoms with Crippen molar-refractivity contribution in [2.24, 2.45) is 5.73 Å². The van der Waals surface area contributed by atoms with Gasteiger partial charge in [-0.1, -0.05) is 36.7 Å². The summed E-state index contributed by atoms with van der Waals surface area (Å²) in [5.74, 6) is -3.17. The van der Waals surface area contributed by atoms with E-state index in [9.17, 15) is 14.4 Å². The first-order valence-electron chi connectivity index (χ1n) is 9.06. The molecule has 0 aliphatic rings. The Morgan fingerprint density at radius 3 is 2.45 bits per heavy atom. The third kappa shape index (κ3) is 5.40. The molecule has 2 aromatic rings. The maximum absolute atomic E-state index is 15.3. The fourth-order valence-electron chi connectivity index (χ4n) is 3.12. The number of nitrogens with one attached hydrogen (secondary N) is 1. The minimum Gasteiger partial charge on any atom is -0.478 e. The van der Waals surface area contributed by atoms with Crippen molar-refractivity contribution in [3.05, 3.63) is 69.5 Å². The molecule has 0 fully saturated rings. The molecule has 0 bridgehead atoms. The summed E-state index contributed by atoms with van der Waals surface area (Å²) in [6.45, 7) is 3.59. The number of aromatic carboxylic acids is 1. The van der Waals surface area contributed by atoms with Gasteiger partial charge in [-0.05, 0) is 31.5 Å². The van der Waals surface area contributed by atoms with Crippen LogP contribution < -0.4 is 11.1 Å². The monoisotopic (exact) mass is 420 g/mol. The SMILES string of the molecule is CC[C@@H](N[C@H](C)CC(N)=O)c1ccc(Cl)c(C(=O)c2cccc(C(=O)O)c2)c1F. The smallest absolute Gasteiger partial charge is 0.335 e. The van der Waals surface area contributed by atoms with Gasteiger partial charge in [0.2, 0.25) is 5.91 Å². The van der Waals surface area contributed by atoms with Crippen LogP contribution >= 0.6 is 11.6 Å². The molecule has 0 radical (unpaired) electrons. The number of ketones is 1. The van der Waals surface area contributed by atoms with Gasteiger partial charge in [0.05, 0.1) is 16.1 Å². The average Bonchev–Trinajstić information content (AvgIpc) is 2.66. The maximum Gasteiger partial charge on any atom is 0.335 e. The van der Waals surface area contributed by atoms with Gasteiger partial charge in [-0.15, -0.1) is 0 Å². The van der Waals surface area contributed by atoms with E-state index < -0.39 is 29.5 Å². The van der Waals surface area contributed by atoms with Crippen LogP contribution in [0.5, 0.6) is 0 Å². The molecule has 4 N–H and O–H groups in total. The maximum atomic E-state index is 15.3. The van der Waals surface area contributed by atoms with Gasteiger partial charge >= 0.3 is 5.97 Å². The Kier molecular flexibility index (Phi) is 7.47. The third-order valence-corrected chi connectivity index (χ3v) is 4.81. The summed E-state index contributed by atoms with van der Waals surface area (Å²) in [5.41, 5.74) is 5.04. The van der Waals surface area contributed by atoms with Gasteiger partial charge in [0.15, 0.2) is 5.78 Å². The fourth-order valence-corrected chi connectivity index (χ4v) is 3.35. The second-order valence-electron chi connectivity index (χ2n) is 6.74. The minimum absolute atomic E-state index is 0.0194. The predicted molar refractivity (Wildman–Crippen MR) is 108 cm³/mol. The largest absolute Gasteiger partial charge is 0.478 e. The van der Waals surface area contributed by atoms with Crippen molar-refractivity contribution in [3.8, 4) is 0 Å². The van der Waals surface area contributed by atoms with Crippen LogP contribution in [0.1, 0.15) is 64.6 Å². The van der Waals surface area contributed by atoms with Gasteiger partial charge in [-0.25, -0.2) is 9.18 Å². The van der Waals surface area contributed by atoms with E-state index in [2.05, 4.69) is 5.32 Å². The Morgan fingerprint density at radius 1 is 1.21 bits per heavy atom. The van der Waals surface area contributed by atoms with E-state index in [1.165, 1.54) is 36.4 Å². The standard InChI is InChI=1S/C21H22ClFN2O4/c1-3-16(25-11(2)9-17(24)26)14-7-8-15(22)18(19(14)23)20(27)12-5-4-6-13(10-12)21(28)29/h4-8,10-11,16,25H,3,9H2,1-2H3,(H2,24,26)(H,28,29)/t11-,16-/m1/s1. The number of rotatable bonds is 9. The highest BCUT2D eigenvalue weighted by Crippen LogP contribution is 2.30. The molecule has 0 spiro atoms. The topological polar surface area (TPSA) is 109 Å². The van der Waals surface area contributed by atoms with Gasteiger partial charge in [0, 0.05) is 29.6 Å². The first-order chi connectivity index (χ1) is 13.6. The molecule has 2 rings (SSSR count). The molecule has 0 heterocycles. The van der Waals surface area contributed by atoms with Gasteiger partial charge in [-0.2, -0.15) is 0 Å². The normalized spacial score (nSPS) is 13.0. The zero-order valence-electron chi connectivity index (χ0n) is 16.0. The Bertz CT molecular complexity index is 948. The van der Waals surface area contributed by atoms with Crippen molar-refractivity contribution < 1.29 is 23.9 Å². The van der Waals surface area contributed by atoms with Crippen molar-refractivity contribution >= 4 is 29.3 Å². The predicted octanol–water partition coefficient (Wildman–Crippen LogP) is 3.71. The quantitative estimate of drug-likeness (QED) is 0.535. The van der Waals surface area contributed by atoms with Crippen LogP contribution in [-0.2, 0) is 4.79 Å². The summed E-state index contributed by atoms with van der Waals surface area (Å²) in [7, 11) is 0. The molecule has 1 amide bonds. The van der Waals surface area contributed by atoms with Crippen LogP contribution in [-0.4, -0.2) is 28.8 Å². The number of carbonyl (C=O) groups is 3. The number of carbonyl (C=O) groups excluding carboxylic acids is 2. The van der Waals surface area contributed by atoms with Crippen molar-refractivity contribution in [2.75, 3.05) is 0 Å². The molecule has 0 aromatic heterocycles. The first-order valence-corrected chi connectivity index (χ1v) is 9.43. The van der Waals surface area contributed by atoms with Crippen molar-refractivity contribution in [2.45, 2.75) is 38.8 Å². The number of carboxylic acids is 1. The van der Waals surface area contributed by atoms with Crippen LogP contribution in [0, 0.1) is 5.82 Å².